The summed E-state index contributed by atoms with van der Waals surface area (Å²) in [4.78, 5) is 14.9. The normalized spacial score (nSPS) is 20.7. The quantitative estimate of drug-likeness (QED) is 0.798. The van der Waals surface area contributed by atoms with Crippen LogP contribution >= 0.6 is 22.0 Å². The molecule has 20 heavy (non-hydrogen) atoms. The third-order valence-corrected chi connectivity index (χ3v) is 6.75. The summed E-state index contributed by atoms with van der Waals surface area (Å²) in [6.07, 6.45) is 3.50. The monoisotopic (exact) mass is 335 g/mol. The second-order valence-corrected chi connectivity index (χ2v) is 9.21. The van der Waals surface area contributed by atoms with Crippen molar-refractivity contribution in [3.8, 4) is 0 Å². The van der Waals surface area contributed by atoms with E-state index in [4.69, 9.17) is 10.7 Å². The van der Waals surface area contributed by atoms with Gasteiger partial charge in [-0.1, -0.05) is 6.92 Å². The Labute approximate surface area is 128 Å². The van der Waals surface area contributed by atoms with Crippen LogP contribution in [0.15, 0.2) is 16.3 Å². The Bertz CT molecular complexity index is 582. The molecule has 1 unspecified atom stereocenters. The van der Waals surface area contributed by atoms with Gasteiger partial charge in [-0.3, -0.25) is 4.79 Å². The summed E-state index contributed by atoms with van der Waals surface area (Å²) in [5.74, 6) is 0.738. The second-order valence-electron chi connectivity index (χ2n) is 5.25. The molecule has 1 aromatic rings. The van der Waals surface area contributed by atoms with E-state index in [0.29, 0.717) is 5.92 Å². The highest BCUT2D eigenvalue weighted by Crippen LogP contribution is 2.26. The van der Waals surface area contributed by atoms with Crippen LogP contribution in [-0.2, 0) is 20.3 Å². The molecule has 1 fully saturated rings. The lowest BCUT2D eigenvalue weighted by atomic mass is 10.0. The SMILES string of the molecule is CC1CCCN(C(=O)Cc2ccc(S(=O)(=O)Cl)s2)CC1. The van der Waals surface area contributed by atoms with Crippen molar-refractivity contribution in [3.63, 3.8) is 0 Å². The van der Waals surface area contributed by atoms with Crippen LogP contribution in [0.2, 0.25) is 0 Å². The molecule has 0 N–H and O–H groups in total. The number of carbonyl (C=O) groups is 1. The van der Waals surface area contributed by atoms with Crippen LogP contribution < -0.4 is 0 Å². The van der Waals surface area contributed by atoms with E-state index >= 15 is 0 Å². The molecule has 0 saturated carbocycles. The molecule has 1 saturated heterocycles. The largest absolute Gasteiger partial charge is 0.342 e. The predicted octanol–water partition coefficient (Wildman–Crippen LogP) is 2.87. The van der Waals surface area contributed by atoms with Crippen molar-refractivity contribution in [3.05, 3.63) is 17.0 Å². The zero-order valence-corrected chi connectivity index (χ0v) is 13.7. The minimum Gasteiger partial charge on any atom is -0.342 e. The minimum absolute atomic E-state index is 0.0690. The van der Waals surface area contributed by atoms with Gasteiger partial charge < -0.3 is 4.90 Å². The smallest absolute Gasteiger partial charge is 0.270 e. The Morgan fingerprint density at radius 2 is 2.15 bits per heavy atom. The fourth-order valence-corrected chi connectivity index (χ4v) is 4.47. The Kier molecular flexibility index (Phi) is 5.09. The lowest BCUT2D eigenvalue weighted by molar-refractivity contribution is -0.130. The van der Waals surface area contributed by atoms with Crippen molar-refractivity contribution in [2.24, 2.45) is 5.92 Å². The summed E-state index contributed by atoms with van der Waals surface area (Å²) >= 11 is 1.07. The molecular formula is C13H18ClNO3S2. The number of amides is 1. The second kappa shape index (κ2) is 6.45. The molecule has 0 radical (unpaired) electrons. The molecule has 1 aliphatic rings. The maximum atomic E-state index is 12.2. The molecule has 1 aromatic heterocycles. The summed E-state index contributed by atoms with van der Waals surface area (Å²) in [7, 11) is 1.59. The maximum absolute atomic E-state index is 12.2. The van der Waals surface area contributed by atoms with Gasteiger partial charge in [0, 0.05) is 28.6 Å². The Morgan fingerprint density at radius 1 is 1.40 bits per heavy atom. The third-order valence-electron chi connectivity index (χ3n) is 3.57. The number of hydrogen-bond donors (Lipinski definition) is 0. The van der Waals surface area contributed by atoms with Crippen molar-refractivity contribution in [1.82, 2.24) is 4.90 Å². The van der Waals surface area contributed by atoms with E-state index in [1.807, 2.05) is 4.90 Å². The van der Waals surface area contributed by atoms with Gasteiger partial charge in [0.1, 0.15) is 4.21 Å². The predicted molar refractivity (Wildman–Crippen MR) is 80.7 cm³/mol. The zero-order valence-electron chi connectivity index (χ0n) is 11.3. The van der Waals surface area contributed by atoms with Gasteiger partial charge in [0.2, 0.25) is 5.91 Å². The first kappa shape index (κ1) is 15.8. The van der Waals surface area contributed by atoms with Crippen LogP contribution in [-0.4, -0.2) is 32.3 Å². The topological polar surface area (TPSA) is 54.5 Å². The highest BCUT2D eigenvalue weighted by atomic mass is 35.7. The summed E-state index contributed by atoms with van der Waals surface area (Å²) in [5, 5.41) is 0. The molecule has 2 rings (SSSR count). The fourth-order valence-electron chi connectivity index (χ4n) is 2.36. The molecule has 1 amide bonds. The van der Waals surface area contributed by atoms with Gasteiger partial charge in [-0.15, -0.1) is 11.3 Å². The van der Waals surface area contributed by atoms with Gasteiger partial charge in [0.05, 0.1) is 6.42 Å². The minimum atomic E-state index is -3.69. The lowest BCUT2D eigenvalue weighted by Crippen LogP contribution is -2.33. The Balaban J connectivity index is 1.99. The molecule has 2 heterocycles. The van der Waals surface area contributed by atoms with Crippen molar-refractivity contribution < 1.29 is 13.2 Å². The van der Waals surface area contributed by atoms with Crippen LogP contribution in [0.1, 0.15) is 31.1 Å². The van der Waals surface area contributed by atoms with E-state index in [0.717, 1.165) is 48.6 Å². The summed E-state index contributed by atoms with van der Waals surface area (Å²) in [6, 6.07) is 3.12. The van der Waals surface area contributed by atoms with Crippen LogP contribution in [0, 0.1) is 5.92 Å². The van der Waals surface area contributed by atoms with Gasteiger partial charge in [0.15, 0.2) is 0 Å². The number of hydrogen-bond acceptors (Lipinski definition) is 4. The molecule has 1 atom stereocenters. The van der Waals surface area contributed by atoms with Crippen molar-refractivity contribution in [1.29, 1.82) is 0 Å². The molecule has 0 bridgehead atoms. The number of thiophene rings is 1. The van der Waals surface area contributed by atoms with Gasteiger partial charge in [-0.25, -0.2) is 8.42 Å². The van der Waals surface area contributed by atoms with Crippen molar-refractivity contribution >= 4 is 37.0 Å². The molecule has 0 aromatic carbocycles. The summed E-state index contributed by atoms with van der Waals surface area (Å²) in [6.45, 7) is 3.81. The molecular weight excluding hydrogens is 318 g/mol. The third kappa shape index (κ3) is 4.20. The Morgan fingerprint density at radius 3 is 2.80 bits per heavy atom. The van der Waals surface area contributed by atoms with E-state index in [-0.39, 0.29) is 16.5 Å². The molecule has 4 nitrogen and oxygen atoms in total. The first-order chi connectivity index (χ1) is 9.36. The molecule has 1 aliphatic heterocycles. The standard InChI is InChI=1S/C13H18ClNO3S2/c1-10-3-2-7-15(8-6-10)12(16)9-11-4-5-13(19-11)20(14,17)18/h4-5,10H,2-3,6-9H2,1H3. The van der Waals surface area contributed by atoms with Crippen LogP contribution in [0.25, 0.3) is 0 Å². The van der Waals surface area contributed by atoms with Gasteiger partial charge in [-0.05, 0) is 37.3 Å². The maximum Gasteiger partial charge on any atom is 0.270 e. The van der Waals surface area contributed by atoms with E-state index in [1.54, 1.807) is 6.07 Å². The molecule has 0 spiro atoms. The van der Waals surface area contributed by atoms with E-state index in [1.165, 1.54) is 6.07 Å². The number of nitrogens with zero attached hydrogens (tertiary/aromatic N) is 1. The fraction of sp³-hybridized carbons (Fsp3) is 0.615. The highest BCUT2D eigenvalue weighted by molar-refractivity contribution is 8.15. The van der Waals surface area contributed by atoms with Gasteiger partial charge in [-0.2, -0.15) is 0 Å². The van der Waals surface area contributed by atoms with Crippen molar-refractivity contribution in [2.75, 3.05) is 13.1 Å². The van der Waals surface area contributed by atoms with Gasteiger partial charge in [0.25, 0.3) is 9.05 Å². The average Bonchev–Trinajstić information content (AvgIpc) is 2.71. The molecule has 7 heteroatoms. The average molecular weight is 336 g/mol. The summed E-state index contributed by atoms with van der Waals surface area (Å²) < 4.78 is 22.5. The highest BCUT2D eigenvalue weighted by Gasteiger charge is 2.20. The Hall–Kier alpha value is -0.590. The van der Waals surface area contributed by atoms with Crippen molar-refractivity contribution in [2.45, 2.75) is 36.8 Å². The summed E-state index contributed by atoms with van der Waals surface area (Å²) in [5.41, 5.74) is 0. The molecule has 112 valence electrons. The van der Waals surface area contributed by atoms with Crippen LogP contribution in [0.4, 0.5) is 0 Å². The first-order valence-corrected chi connectivity index (χ1v) is 9.80. The number of likely N-dealkylation sites (tertiary alicyclic amines) is 1. The van der Waals surface area contributed by atoms with Gasteiger partial charge >= 0.3 is 0 Å². The van der Waals surface area contributed by atoms with E-state index in [9.17, 15) is 13.2 Å². The van der Waals surface area contributed by atoms with E-state index < -0.39 is 9.05 Å². The lowest BCUT2D eigenvalue weighted by Gasteiger charge is -2.20. The van der Waals surface area contributed by atoms with Crippen LogP contribution in [0.3, 0.4) is 0 Å². The zero-order chi connectivity index (χ0) is 14.8. The number of halogens is 1. The first-order valence-electron chi connectivity index (χ1n) is 6.67. The molecule has 0 aliphatic carbocycles. The van der Waals surface area contributed by atoms with E-state index in [2.05, 4.69) is 6.92 Å². The number of carbonyl (C=O) groups excluding carboxylic acids is 1. The number of rotatable bonds is 3. The van der Waals surface area contributed by atoms with Crippen LogP contribution in [0.5, 0.6) is 0 Å².